The number of para-hydroxylation sites is 4. The summed E-state index contributed by atoms with van der Waals surface area (Å²) >= 11 is 3.72. The summed E-state index contributed by atoms with van der Waals surface area (Å²) in [5.41, 5.74) is 14.3. The molecule has 0 spiro atoms. The summed E-state index contributed by atoms with van der Waals surface area (Å²) < 4.78 is 9.81. The van der Waals surface area contributed by atoms with Crippen molar-refractivity contribution in [3.63, 3.8) is 0 Å². The van der Waals surface area contributed by atoms with E-state index in [-0.39, 0.29) is 0 Å². The molecule has 76 heavy (non-hydrogen) atoms. The Morgan fingerprint density at radius 3 is 1.21 bits per heavy atom. The third kappa shape index (κ3) is 6.53. The molecule has 5 heterocycles. The van der Waals surface area contributed by atoms with Crippen molar-refractivity contribution in [3.8, 4) is 67.8 Å². The van der Waals surface area contributed by atoms with E-state index in [1.165, 1.54) is 84.0 Å². The zero-order chi connectivity index (χ0) is 49.8. The highest BCUT2D eigenvalue weighted by Gasteiger charge is 2.25. The van der Waals surface area contributed by atoms with Crippen LogP contribution >= 0.6 is 22.7 Å². The fraction of sp³-hybridized carbons (Fsp3) is 0. The van der Waals surface area contributed by atoms with Gasteiger partial charge in [0.2, 0.25) is 0 Å². The van der Waals surface area contributed by atoms with Gasteiger partial charge in [-0.2, -0.15) is 0 Å². The molecule has 5 aromatic heterocycles. The summed E-state index contributed by atoms with van der Waals surface area (Å²) in [6.45, 7) is 0. The quantitative estimate of drug-likeness (QED) is 0.160. The number of hydrogen-bond donors (Lipinski definition) is 0. The Kier molecular flexibility index (Phi) is 9.61. The van der Waals surface area contributed by atoms with Gasteiger partial charge < -0.3 is 9.13 Å². The molecule has 0 bridgehead atoms. The van der Waals surface area contributed by atoms with Crippen LogP contribution < -0.4 is 0 Å². The number of benzene rings is 11. The Morgan fingerprint density at radius 1 is 0.250 bits per heavy atom. The zero-order valence-electron chi connectivity index (χ0n) is 40.7. The third-order valence-electron chi connectivity index (χ3n) is 15.2. The maximum Gasteiger partial charge on any atom is 0.164 e. The SMILES string of the molecule is c1ccc(-c2nc(-c3ccccc3)nc(-c3cc(-c4cccc5sc6ccc7c(c8ccccc8n7-c7ccccc7)c6c45)ccc3-c3cccc4sc5ccc6c(c7ccccc7n6-c6ccccc6)c5c34)n2)cc1. The Bertz CT molecular complexity index is 4920. The van der Waals surface area contributed by atoms with Gasteiger partial charge in [0.05, 0.1) is 22.1 Å². The van der Waals surface area contributed by atoms with Gasteiger partial charge in [-0.1, -0.05) is 170 Å². The molecule has 0 aliphatic rings. The molecule has 0 unspecified atom stereocenters. The van der Waals surface area contributed by atoms with Crippen molar-refractivity contribution < 1.29 is 0 Å². The van der Waals surface area contributed by atoms with E-state index in [1.807, 2.05) is 59.1 Å². The van der Waals surface area contributed by atoms with Crippen LogP contribution in [0.25, 0.3) is 152 Å². The largest absolute Gasteiger partial charge is 0.309 e. The maximum absolute atomic E-state index is 5.46. The normalized spacial score (nSPS) is 11.9. The molecule has 7 heteroatoms. The standard InChI is InChI=1S/C69H41N5S2/c1-5-19-42(20-6-1)67-70-68(43-21-7-2-8-22-43)72-69(71-67)52-41-44(47-29-17-33-57-63(47)65-59(75-57)39-37-55-61(65)50-27-13-15-31-53(50)73(55)45-23-9-3-10-24-45)35-36-48(52)49-30-18-34-58-64(49)66-60(76-58)40-38-56-62(66)51-28-14-16-32-54(51)74(56)46-25-11-4-12-26-46/h1-41H. The maximum atomic E-state index is 5.46. The number of aromatic nitrogens is 5. The second-order valence-corrected chi connectivity index (χ2v) is 21.6. The van der Waals surface area contributed by atoms with Crippen LogP contribution in [0.3, 0.4) is 0 Å². The summed E-state index contributed by atoms with van der Waals surface area (Å²) in [4.78, 5) is 16.1. The van der Waals surface area contributed by atoms with Gasteiger partial charge in [-0.3, -0.25) is 0 Å². The molecule has 0 atom stereocenters. The molecule has 354 valence electrons. The number of fused-ring (bicyclic) bond motifs is 14. The average molecular weight is 1000 g/mol. The Balaban J connectivity index is 1.01. The fourth-order valence-electron chi connectivity index (χ4n) is 12.0. The third-order valence-corrected chi connectivity index (χ3v) is 17.4. The molecule has 0 amide bonds. The highest BCUT2D eigenvalue weighted by atomic mass is 32.1. The van der Waals surface area contributed by atoms with Crippen LogP contribution in [0.2, 0.25) is 0 Å². The lowest BCUT2D eigenvalue weighted by Crippen LogP contribution is -2.01. The molecule has 0 fully saturated rings. The second kappa shape index (κ2) is 17.0. The van der Waals surface area contributed by atoms with Gasteiger partial charge in [-0.15, -0.1) is 22.7 Å². The smallest absolute Gasteiger partial charge is 0.164 e. The van der Waals surface area contributed by atoms with Crippen molar-refractivity contribution in [2.75, 3.05) is 0 Å². The van der Waals surface area contributed by atoms with Gasteiger partial charge in [0.1, 0.15) is 0 Å². The van der Waals surface area contributed by atoms with Crippen molar-refractivity contribution in [2.45, 2.75) is 0 Å². The minimum absolute atomic E-state index is 0.614. The van der Waals surface area contributed by atoms with E-state index in [9.17, 15) is 0 Å². The Morgan fingerprint density at radius 2 is 0.684 bits per heavy atom. The topological polar surface area (TPSA) is 48.5 Å². The number of rotatable bonds is 7. The van der Waals surface area contributed by atoms with Gasteiger partial charge in [-0.25, -0.2) is 15.0 Å². The molecule has 0 aliphatic carbocycles. The van der Waals surface area contributed by atoms with Gasteiger partial charge in [-0.05, 0) is 101 Å². The van der Waals surface area contributed by atoms with Gasteiger partial charge in [0.15, 0.2) is 17.5 Å². The zero-order valence-corrected chi connectivity index (χ0v) is 42.4. The molecule has 0 N–H and O–H groups in total. The van der Waals surface area contributed by atoms with E-state index in [0.717, 1.165) is 50.3 Å². The number of nitrogens with zero attached hydrogens (tertiary/aromatic N) is 5. The Hall–Kier alpha value is -9.53. The van der Waals surface area contributed by atoms with Crippen molar-refractivity contribution in [1.29, 1.82) is 0 Å². The molecule has 16 aromatic rings. The van der Waals surface area contributed by atoms with E-state index in [0.29, 0.717) is 17.5 Å². The van der Waals surface area contributed by atoms with Crippen LogP contribution in [0.4, 0.5) is 0 Å². The molecule has 0 saturated carbocycles. The van der Waals surface area contributed by atoms with Crippen molar-refractivity contribution in [1.82, 2.24) is 24.1 Å². The highest BCUT2D eigenvalue weighted by molar-refractivity contribution is 7.26. The van der Waals surface area contributed by atoms with E-state index < -0.39 is 0 Å². The summed E-state index contributed by atoms with van der Waals surface area (Å²) in [7, 11) is 0. The highest BCUT2D eigenvalue weighted by Crippen LogP contribution is 2.50. The molecular formula is C69H41N5S2. The molecule has 0 aliphatic heterocycles. The predicted octanol–water partition coefficient (Wildman–Crippen LogP) is 19.1. The van der Waals surface area contributed by atoms with Crippen LogP contribution in [-0.4, -0.2) is 24.1 Å². The fourth-order valence-corrected chi connectivity index (χ4v) is 14.3. The van der Waals surface area contributed by atoms with Crippen molar-refractivity contribution in [2.24, 2.45) is 0 Å². The second-order valence-electron chi connectivity index (χ2n) is 19.4. The number of hydrogen-bond acceptors (Lipinski definition) is 5. The lowest BCUT2D eigenvalue weighted by Gasteiger charge is -2.16. The first-order valence-corrected chi connectivity index (χ1v) is 27.2. The molecule has 0 saturated heterocycles. The predicted molar refractivity (Wildman–Crippen MR) is 321 cm³/mol. The van der Waals surface area contributed by atoms with Crippen molar-refractivity contribution in [3.05, 3.63) is 249 Å². The summed E-state index contributed by atoms with van der Waals surface area (Å²) in [5.74, 6) is 1.86. The Labute approximate surface area is 444 Å². The van der Waals surface area contributed by atoms with E-state index >= 15 is 0 Å². The van der Waals surface area contributed by atoms with E-state index in [4.69, 9.17) is 15.0 Å². The monoisotopic (exact) mass is 1000 g/mol. The first kappa shape index (κ1) is 42.9. The molecule has 5 nitrogen and oxygen atoms in total. The van der Waals surface area contributed by atoms with Crippen molar-refractivity contribution >= 4 is 107 Å². The molecular weight excluding hydrogens is 963 g/mol. The van der Waals surface area contributed by atoms with Gasteiger partial charge >= 0.3 is 0 Å². The minimum atomic E-state index is 0.614. The minimum Gasteiger partial charge on any atom is -0.309 e. The van der Waals surface area contributed by atoms with E-state index in [2.05, 4.69) is 221 Å². The van der Waals surface area contributed by atoms with Gasteiger partial charge in [0, 0.05) is 90.0 Å². The van der Waals surface area contributed by atoms with Crippen LogP contribution in [-0.2, 0) is 0 Å². The number of thiophene rings is 2. The van der Waals surface area contributed by atoms with Crippen LogP contribution in [0.1, 0.15) is 0 Å². The van der Waals surface area contributed by atoms with Gasteiger partial charge in [0.25, 0.3) is 0 Å². The summed E-state index contributed by atoms with van der Waals surface area (Å²) in [6, 6.07) is 89.6. The molecule has 11 aromatic carbocycles. The average Bonchev–Trinajstić information content (AvgIpc) is 4.38. The van der Waals surface area contributed by atoms with Crippen LogP contribution in [0, 0.1) is 0 Å². The van der Waals surface area contributed by atoms with E-state index in [1.54, 1.807) is 0 Å². The first-order valence-electron chi connectivity index (χ1n) is 25.6. The molecule has 0 radical (unpaired) electrons. The summed E-state index contributed by atoms with van der Waals surface area (Å²) in [5, 5.41) is 9.98. The lowest BCUT2D eigenvalue weighted by molar-refractivity contribution is 1.07. The van der Waals surface area contributed by atoms with Crippen LogP contribution in [0.15, 0.2) is 249 Å². The summed E-state index contributed by atoms with van der Waals surface area (Å²) in [6.07, 6.45) is 0. The molecule has 16 rings (SSSR count). The first-order chi connectivity index (χ1) is 37.7. The lowest BCUT2D eigenvalue weighted by atomic mass is 9.90. The van der Waals surface area contributed by atoms with Crippen LogP contribution in [0.5, 0.6) is 0 Å².